The van der Waals surface area contributed by atoms with Gasteiger partial charge in [0.15, 0.2) is 0 Å². The summed E-state index contributed by atoms with van der Waals surface area (Å²) in [5, 5.41) is 8.64. The molecular weight excluding hydrogens is 218 g/mol. The minimum atomic E-state index is -0.470. The lowest BCUT2D eigenvalue weighted by atomic mass is 9.86. The Balaban J connectivity index is 2.39. The molecule has 4 heteroatoms. The number of hydrogen-bond donors (Lipinski definition) is 1. The van der Waals surface area contributed by atoms with E-state index in [4.69, 9.17) is 5.11 Å². The van der Waals surface area contributed by atoms with Crippen LogP contribution in [0.5, 0.6) is 0 Å². The van der Waals surface area contributed by atoms with E-state index in [1.807, 2.05) is 13.8 Å². The molecule has 1 aliphatic heterocycles. The Morgan fingerprint density at radius 2 is 1.88 bits per heavy atom. The molecule has 1 heterocycles. The quantitative estimate of drug-likeness (QED) is 0.545. The number of imide groups is 1. The van der Waals surface area contributed by atoms with Gasteiger partial charge in [0.2, 0.25) is 11.8 Å². The number of likely N-dealkylation sites (tertiary alicyclic amines) is 1. The van der Waals surface area contributed by atoms with Crippen LogP contribution >= 0.6 is 0 Å². The number of aliphatic hydroxyl groups excluding tert-OH is 1. The van der Waals surface area contributed by atoms with Crippen molar-refractivity contribution >= 4 is 11.8 Å². The molecule has 0 aromatic carbocycles. The van der Waals surface area contributed by atoms with E-state index in [0.29, 0.717) is 13.0 Å². The number of amides is 2. The molecule has 0 saturated carbocycles. The summed E-state index contributed by atoms with van der Waals surface area (Å²) >= 11 is 0. The first-order valence-electron chi connectivity index (χ1n) is 6.51. The van der Waals surface area contributed by atoms with Crippen molar-refractivity contribution in [1.82, 2.24) is 4.90 Å². The highest BCUT2D eigenvalue weighted by molar-refractivity contribution is 6.05. The van der Waals surface area contributed by atoms with Crippen molar-refractivity contribution in [2.45, 2.75) is 52.4 Å². The fourth-order valence-corrected chi connectivity index (χ4v) is 2.18. The van der Waals surface area contributed by atoms with Gasteiger partial charge in [0.05, 0.1) is 5.41 Å². The van der Waals surface area contributed by atoms with Crippen LogP contribution in [0.3, 0.4) is 0 Å². The number of carbonyl (C=O) groups is 2. The van der Waals surface area contributed by atoms with Crippen LogP contribution in [0.15, 0.2) is 0 Å². The zero-order chi connectivity index (χ0) is 12.9. The first-order valence-corrected chi connectivity index (χ1v) is 6.51. The standard InChI is InChI=1S/C13H23NO3/c1-3-13(2)10-11(16)14(12(13)17)8-6-4-5-7-9-15/h15H,3-10H2,1-2H3. The summed E-state index contributed by atoms with van der Waals surface area (Å²) in [4.78, 5) is 25.2. The third kappa shape index (κ3) is 3.28. The lowest BCUT2D eigenvalue weighted by Gasteiger charge is -2.20. The molecule has 1 fully saturated rings. The Bertz CT molecular complexity index is 290. The van der Waals surface area contributed by atoms with Crippen molar-refractivity contribution < 1.29 is 14.7 Å². The van der Waals surface area contributed by atoms with Gasteiger partial charge in [-0.25, -0.2) is 0 Å². The maximum Gasteiger partial charge on any atom is 0.235 e. The van der Waals surface area contributed by atoms with Crippen molar-refractivity contribution in [3.63, 3.8) is 0 Å². The van der Waals surface area contributed by atoms with E-state index in [-0.39, 0.29) is 18.4 Å². The van der Waals surface area contributed by atoms with E-state index in [1.165, 1.54) is 4.90 Å². The number of aliphatic hydroxyl groups is 1. The van der Waals surface area contributed by atoms with Gasteiger partial charge in [0.25, 0.3) is 0 Å². The second kappa shape index (κ2) is 6.15. The van der Waals surface area contributed by atoms with Crippen LogP contribution < -0.4 is 0 Å². The van der Waals surface area contributed by atoms with Crippen molar-refractivity contribution in [2.24, 2.45) is 5.41 Å². The van der Waals surface area contributed by atoms with Crippen molar-refractivity contribution in [3.8, 4) is 0 Å². The molecule has 17 heavy (non-hydrogen) atoms. The largest absolute Gasteiger partial charge is 0.396 e. The van der Waals surface area contributed by atoms with Crippen LogP contribution in [0.25, 0.3) is 0 Å². The molecule has 1 saturated heterocycles. The molecule has 4 nitrogen and oxygen atoms in total. The van der Waals surface area contributed by atoms with Crippen molar-refractivity contribution in [1.29, 1.82) is 0 Å². The second-order valence-electron chi connectivity index (χ2n) is 5.08. The van der Waals surface area contributed by atoms with Crippen molar-refractivity contribution in [2.75, 3.05) is 13.2 Å². The van der Waals surface area contributed by atoms with Crippen LogP contribution in [-0.4, -0.2) is 35.0 Å². The van der Waals surface area contributed by atoms with E-state index < -0.39 is 5.41 Å². The van der Waals surface area contributed by atoms with Crippen LogP contribution in [0.4, 0.5) is 0 Å². The molecule has 0 aliphatic carbocycles. The molecule has 0 aromatic rings. The summed E-state index contributed by atoms with van der Waals surface area (Å²) in [6, 6.07) is 0. The second-order valence-corrected chi connectivity index (χ2v) is 5.08. The minimum Gasteiger partial charge on any atom is -0.396 e. The monoisotopic (exact) mass is 241 g/mol. The molecule has 0 spiro atoms. The van der Waals surface area contributed by atoms with E-state index in [9.17, 15) is 9.59 Å². The Kier molecular flexibility index (Phi) is 5.12. The SMILES string of the molecule is CCC1(C)CC(=O)N(CCCCCCO)C1=O. The molecule has 0 radical (unpaired) electrons. The zero-order valence-corrected chi connectivity index (χ0v) is 10.9. The van der Waals surface area contributed by atoms with E-state index >= 15 is 0 Å². The third-order valence-electron chi connectivity index (χ3n) is 3.67. The summed E-state index contributed by atoms with van der Waals surface area (Å²) in [6.07, 6.45) is 4.64. The van der Waals surface area contributed by atoms with Gasteiger partial charge in [-0.1, -0.05) is 26.7 Å². The molecule has 2 amide bonds. The van der Waals surface area contributed by atoms with Gasteiger partial charge in [-0.2, -0.15) is 0 Å². The lowest BCUT2D eigenvalue weighted by molar-refractivity contribution is -0.141. The van der Waals surface area contributed by atoms with Gasteiger partial charge >= 0.3 is 0 Å². The van der Waals surface area contributed by atoms with Crippen LogP contribution in [0.2, 0.25) is 0 Å². The Hall–Kier alpha value is -0.900. The number of nitrogens with zero attached hydrogens (tertiary/aromatic N) is 1. The highest BCUT2D eigenvalue weighted by atomic mass is 16.3. The molecule has 1 rings (SSSR count). The normalized spacial score (nSPS) is 24.8. The van der Waals surface area contributed by atoms with E-state index in [1.54, 1.807) is 0 Å². The zero-order valence-electron chi connectivity index (χ0n) is 10.9. The maximum atomic E-state index is 12.1. The predicted octanol–water partition coefficient (Wildman–Crippen LogP) is 1.71. The summed E-state index contributed by atoms with van der Waals surface area (Å²) in [5.74, 6) is -0.0336. The molecule has 0 bridgehead atoms. The maximum absolute atomic E-state index is 12.1. The summed E-state index contributed by atoms with van der Waals surface area (Å²) in [6.45, 7) is 4.59. The van der Waals surface area contributed by atoms with Crippen molar-refractivity contribution in [3.05, 3.63) is 0 Å². The fraction of sp³-hybridized carbons (Fsp3) is 0.846. The number of unbranched alkanes of at least 4 members (excludes halogenated alkanes) is 3. The third-order valence-corrected chi connectivity index (χ3v) is 3.67. The van der Waals surface area contributed by atoms with Gasteiger partial charge in [-0.15, -0.1) is 0 Å². The Morgan fingerprint density at radius 3 is 2.41 bits per heavy atom. The number of hydrogen-bond acceptors (Lipinski definition) is 3. The topological polar surface area (TPSA) is 57.6 Å². The molecule has 98 valence electrons. The fourth-order valence-electron chi connectivity index (χ4n) is 2.18. The first-order chi connectivity index (χ1) is 8.05. The lowest BCUT2D eigenvalue weighted by Crippen LogP contribution is -2.34. The highest BCUT2D eigenvalue weighted by Gasteiger charge is 2.46. The number of carbonyl (C=O) groups excluding carboxylic acids is 2. The first kappa shape index (κ1) is 14.2. The average molecular weight is 241 g/mol. The van der Waals surface area contributed by atoms with Gasteiger partial charge in [-0.3, -0.25) is 14.5 Å². The summed E-state index contributed by atoms with van der Waals surface area (Å²) in [7, 11) is 0. The van der Waals surface area contributed by atoms with E-state index in [2.05, 4.69) is 0 Å². The Labute approximate surface area is 103 Å². The molecule has 1 atom stereocenters. The molecule has 1 unspecified atom stereocenters. The average Bonchev–Trinajstić information content (AvgIpc) is 2.52. The summed E-state index contributed by atoms with van der Waals surface area (Å²) in [5.41, 5.74) is -0.470. The van der Waals surface area contributed by atoms with Gasteiger partial charge in [0, 0.05) is 19.6 Å². The van der Waals surface area contributed by atoms with Gasteiger partial charge < -0.3 is 5.11 Å². The Morgan fingerprint density at radius 1 is 1.24 bits per heavy atom. The summed E-state index contributed by atoms with van der Waals surface area (Å²) < 4.78 is 0. The minimum absolute atomic E-state index is 0.00726. The highest BCUT2D eigenvalue weighted by Crippen LogP contribution is 2.35. The molecular formula is C13H23NO3. The van der Waals surface area contributed by atoms with Gasteiger partial charge in [-0.05, 0) is 19.3 Å². The molecule has 1 aliphatic rings. The van der Waals surface area contributed by atoms with E-state index in [0.717, 1.165) is 32.1 Å². The van der Waals surface area contributed by atoms with Crippen LogP contribution in [-0.2, 0) is 9.59 Å². The molecule has 1 N–H and O–H groups in total. The van der Waals surface area contributed by atoms with Gasteiger partial charge in [0.1, 0.15) is 0 Å². The number of rotatable bonds is 7. The van der Waals surface area contributed by atoms with Crippen LogP contribution in [0, 0.1) is 5.41 Å². The predicted molar refractivity (Wildman–Crippen MR) is 65.3 cm³/mol. The van der Waals surface area contributed by atoms with Crippen LogP contribution in [0.1, 0.15) is 52.4 Å². The molecule has 0 aromatic heterocycles. The smallest absolute Gasteiger partial charge is 0.235 e.